The van der Waals surface area contributed by atoms with E-state index in [9.17, 15) is 9.59 Å². The van der Waals surface area contributed by atoms with E-state index in [0.29, 0.717) is 16.9 Å². The fourth-order valence-corrected chi connectivity index (χ4v) is 2.17. The minimum absolute atomic E-state index is 0.149. The van der Waals surface area contributed by atoms with E-state index in [1.807, 2.05) is 0 Å². The molecule has 1 N–H and O–H groups in total. The van der Waals surface area contributed by atoms with Gasteiger partial charge in [0.2, 0.25) is 5.90 Å². The zero-order chi connectivity index (χ0) is 17.1. The molecule has 1 heterocycles. The Hall–Kier alpha value is -3.41. The molecule has 0 fully saturated rings. The molecule has 0 saturated carbocycles. The molecule has 120 valence electrons. The zero-order valence-electron chi connectivity index (χ0n) is 12.7. The lowest BCUT2D eigenvalue weighted by atomic mass is 10.1. The van der Waals surface area contributed by atoms with Crippen LogP contribution < -0.4 is 4.74 Å². The summed E-state index contributed by atoms with van der Waals surface area (Å²) < 4.78 is 10.3. The lowest BCUT2D eigenvalue weighted by molar-refractivity contribution is -0.129. The van der Waals surface area contributed by atoms with Crippen LogP contribution in [0.15, 0.2) is 59.2 Å². The number of carbonyl (C=O) groups excluding carboxylic acids is 1. The highest BCUT2D eigenvalue weighted by Crippen LogP contribution is 2.21. The molecular formula is C18H13NO5. The molecule has 0 atom stereocenters. The van der Waals surface area contributed by atoms with Crippen molar-refractivity contribution in [3.05, 3.63) is 70.9 Å². The molecule has 0 bridgehead atoms. The summed E-state index contributed by atoms with van der Waals surface area (Å²) in [4.78, 5) is 27.0. The molecule has 24 heavy (non-hydrogen) atoms. The van der Waals surface area contributed by atoms with E-state index in [-0.39, 0.29) is 17.2 Å². The molecule has 0 saturated heterocycles. The van der Waals surface area contributed by atoms with Gasteiger partial charge in [0.05, 0.1) is 12.7 Å². The Kier molecular flexibility index (Phi) is 4.11. The van der Waals surface area contributed by atoms with Gasteiger partial charge in [0.15, 0.2) is 5.70 Å². The fourth-order valence-electron chi connectivity index (χ4n) is 2.17. The average molecular weight is 323 g/mol. The number of ether oxygens (including phenoxy) is 2. The van der Waals surface area contributed by atoms with Crippen molar-refractivity contribution >= 4 is 23.9 Å². The van der Waals surface area contributed by atoms with E-state index in [4.69, 9.17) is 14.6 Å². The lowest BCUT2D eigenvalue weighted by Gasteiger charge is -2.02. The minimum Gasteiger partial charge on any atom is -0.497 e. The van der Waals surface area contributed by atoms with Gasteiger partial charge < -0.3 is 14.6 Å². The quantitative estimate of drug-likeness (QED) is 0.691. The molecule has 0 unspecified atom stereocenters. The number of hydrogen-bond acceptors (Lipinski definition) is 5. The molecule has 0 spiro atoms. The largest absolute Gasteiger partial charge is 0.497 e. The molecular weight excluding hydrogens is 310 g/mol. The first kappa shape index (κ1) is 15.5. The number of aromatic carboxylic acids is 1. The number of nitrogens with zero attached hydrogens (tertiary/aromatic N) is 1. The van der Waals surface area contributed by atoms with Crippen molar-refractivity contribution < 1.29 is 24.2 Å². The van der Waals surface area contributed by atoms with Crippen LogP contribution in [-0.2, 0) is 9.53 Å². The molecule has 6 heteroatoms. The first-order chi connectivity index (χ1) is 11.6. The van der Waals surface area contributed by atoms with E-state index >= 15 is 0 Å². The van der Waals surface area contributed by atoms with Gasteiger partial charge in [-0.1, -0.05) is 18.2 Å². The van der Waals surface area contributed by atoms with Crippen molar-refractivity contribution in [3.8, 4) is 5.75 Å². The van der Waals surface area contributed by atoms with Crippen LogP contribution in [0.3, 0.4) is 0 Å². The van der Waals surface area contributed by atoms with Gasteiger partial charge in [-0.2, -0.15) is 0 Å². The van der Waals surface area contributed by atoms with E-state index in [0.717, 1.165) is 0 Å². The number of carboxylic acids is 1. The third-order valence-electron chi connectivity index (χ3n) is 3.40. The number of methoxy groups -OCH3 is 1. The monoisotopic (exact) mass is 323 g/mol. The normalized spacial score (nSPS) is 15.1. The smallest absolute Gasteiger partial charge is 0.363 e. The summed E-state index contributed by atoms with van der Waals surface area (Å²) >= 11 is 0. The van der Waals surface area contributed by atoms with Gasteiger partial charge in [-0.15, -0.1) is 0 Å². The van der Waals surface area contributed by atoms with Gasteiger partial charge in [-0.25, -0.2) is 14.6 Å². The Morgan fingerprint density at radius 2 is 1.96 bits per heavy atom. The maximum Gasteiger partial charge on any atom is 0.363 e. The van der Waals surface area contributed by atoms with E-state index < -0.39 is 11.9 Å². The average Bonchev–Trinajstić information content (AvgIpc) is 2.96. The van der Waals surface area contributed by atoms with Crippen LogP contribution >= 0.6 is 0 Å². The summed E-state index contributed by atoms with van der Waals surface area (Å²) in [6, 6.07) is 13.2. The van der Waals surface area contributed by atoms with Crippen LogP contribution in [-0.4, -0.2) is 30.1 Å². The van der Waals surface area contributed by atoms with Crippen molar-refractivity contribution in [1.82, 2.24) is 0 Å². The number of aliphatic imine (C=N–C) groups is 1. The number of hydrogen-bond donors (Lipinski definition) is 1. The Balaban J connectivity index is 1.89. The summed E-state index contributed by atoms with van der Waals surface area (Å²) in [5.74, 6) is -0.733. The van der Waals surface area contributed by atoms with Crippen molar-refractivity contribution in [2.24, 2.45) is 4.99 Å². The van der Waals surface area contributed by atoms with Crippen LogP contribution in [0, 0.1) is 0 Å². The molecule has 0 radical (unpaired) electrons. The topological polar surface area (TPSA) is 85.2 Å². The summed E-state index contributed by atoms with van der Waals surface area (Å²) in [6.45, 7) is 0. The number of carboxylic acid groups (broad SMARTS) is 1. The van der Waals surface area contributed by atoms with Crippen LogP contribution in [0.25, 0.3) is 6.08 Å². The molecule has 6 nitrogen and oxygen atoms in total. The molecule has 3 rings (SSSR count). The predicted octanol–water partition coefficient (Wildman–Crippen LogP) is 2.74. The molecule has 0 aliphatic carbocycles. The molecule has 1 aliphatic rings. The highest BCUT2D eigenvalue weighted by Gasteiger charge is 2.24. The Morgan fingerprint density at radius 3 is 2.62 bits per heavy atom. The number of rotatable bonds is 4. The lowest BCUT2D eigenvalue weighted by Crippen LogP contribution is -2.05. The Labute approximate surface area is 137 Å². The maximum absolute atomic E-state index is 12.0. The first-order valence-electron chi connectivity index (χ1n) is 7.07. The SMILES string of the molecule is COc1cccc(C2=N/C(=C\c3ccc(C(=O)O)cc3)C(=O)O2)c1. The van der Waals surface area contributed by atoms with E-state index in [1.165, 1.54) is 12.1 Å². The summed E-state index contributed by atoms with van der Waals surface area (Å²) in [6.07, 6.45) is 1.54. The standard InChI is InChI=1S/C18H13NO5/c1-23-14-4-2-3-13(10-14)16-19-15(18(22)24-16)9-11-5-7-12(8-6-11)17(20)21/h2-10H,1H3,(H,20,21)/b15-9-. The zero-order valence-corrected chi connectivity index (χ0v) is 12.7. The van der Waals surface area contributed by atoms with Crippen molar-refractivity contribution in [1.29, 1.82) is 0 Å². The third-order valence-corrected chi connectivity index (χ3v) is 3.40. The highest BCUT2D eigenvalue weighted by molar-refractivity contribution is 6.13. The van der Waals surface area contributed by atoms with Crippen molar-refractivity contribution in [2.45, 2.75) is 0 Å². The molecule has 2 aromatic carbocycles. The van der Waals surface area contributed by atoms with Gasteiger partial charge >= 0.3 is 11.9 Å². The van der Waals surface area contributed by atoms with Crippen LogP contribution in [0.1, 0.15) is 21.5 Å². The second kappa shape index (κ2) is 6.37. The number of benzene rings is 2. The third kappa shape index (κ3) is 3.17. The van der Waals surface area contributed by atoms with Gasteiger partial charge in [-0.3, -0.25) is 0 Å². The summed E-state index contributed by atoms with van der Waals surface area (Å²) in [5.41, 5.74) is 1.61. The van der Waals surface area contributed by atoms with Gasteiger partial charge in [0.25, 0.3) is 0 Å². The van der Waals surface area contributed by atoms with Gasteiger partial charge in [0.1, 0.15) is 5.75 Å². The first-order valence-corrected chi connectivity index (χ1v) is 7.07. The molecule has 0 aromatic heterocycles. The number of esters is 1. The van der Waals surface area contributed by atoms with Crippen LogP contribution in [0.5, 0.6) is 5.75 Å². The van der Waals surface area contributed by atoms with Gasteiger partial charge in [0, 0.05) is 5.56 Å². The van der Waals surface area contributed by atoms with E-state index in [1.54, 1.807) is 49.6 Å². The Morgan fingerprint density at radius 1 is 1.21 bits per heavy atom. The minimum atomic E-state index is -1.01. The predicted molar refractivity (Wildman–Crippen MR) is 87.0 cm³/mol. The summed E-state index contributed by atoms with van der Waals surface area (Å²) in [5, 5.41) is 8.88. The molecule has 1 aliphatic heterocycles. The van der Waals surface area contributed by atoms with Crippen molar-refractivity contribution in [2.75, 3.05) is 7.11 Å². The fraction of sp³-hybridized carbons (Fsp3) is 0.0556. The number of cyclic esters (lactones) is 1. The van der Waals surface area contributed by atoms with Crippen molar-refractivity contribution in [3.63, 3.8) is 0 Å². The second-order valence-corrected chi connectivity index (χ2v) is 5.00. The van der Waals surface area contributed by atoms with E-state index in [2.05, 4.69) is 4.99 Å². The molecule has 2 aromatic rings. The number of carbonyl (C=O) groups is 2. The van der Waals surface area contributed by atoms with Gasteiger partial charge in [-0.05, 0) is 42.0 Å². The summed E-state index contributed by atoms with van der Waals surface area (Å²) in [7, 11) is 1.55. The highest BCUT2D eigenvalue weighted by atomic mass is 16.6. The second-order valence-electron chi connectivity index (χ2n) is 5.00. The van der Waals surface area contributed by atoms with Crippen LogP contribution in [0.4, 0.5) is 0 Å². The maximum atomic E-state index is 12.0. The Bertz CT molecular complexity index is 865. The molecule has 0 amide bonds. The van der Waals surface area contributed by atoms with Crippen LogP contribution in [0.2, 0.25) is 0 Å².